The summed E-state index contributed by atoms with van der Waals surface area (Å²) in [5, 5.41) is 19.7. The van der Waals surface area contributed by atoms with Crippen LogP contribution in [0.1, 0.15) is 99.5 Å². The van der Waals surface area contributed by atoms with Gasteiger partial charge in [-0.3, -0.25) is 52.9 Å². The van der Waals surface area contributed by atoms with Gasteiger partial charge in [0.05, 0.1) is 91.1 Å². The monoisotopic (exact) mass is 1670 g/mol. The summed E-state index contributed by atoms with van der Waals surface area (Å²) in [6.07, 6.45) is 1.56. The number of imidazole rings is 3. The van der Waals surface area contributed by atoms with Gasteiger partial charge in [0.25, 0.3) is 29.7 Å². The fourth-order valence-electron chi connectivity index (χ4n) is 13.5. The number of aliphatic imine (C=N–C) groups is 3. The number of phenolic OH excluding ortho intramolecular Hbond substituents is 2. The van der Waals surface area contributed by atoms with Crippen molar-refractivity contribution in [1.82, 2.24) is 43.4 Å². The third-order valence-electron chi connectivity index (χ3n) is 18.3. The number of methoxy groups -OCH3 is 1. The summed E-state index contributed by atoms with van der Waals surface area (Å²) < 4.78 is 66.6. The Balaban J connectivity index is 0.000000139. The van der Waals surface area contributed by atoms with E-state index in [4.69, 9.17) is 39.2 Å². The van der Waals surface area contributed by atoms with Gasteiger partial charge in [0, 0.05) is 19.6 Å². The summed E-state index contributed by atoms with van der Waals surface area (Å²) in [5.74, 6) is 2.98. The van der Waals surface area contributed by atoms with Gasteiger partial charge in [0.1, 0.15) is 34.7 Å². The lowest BCUT2D eigenvalue weighted by atomic mass is 10.1. The first kappa shape index (κ1) is 72.8. The topological polar surface area (TPSA) is 229 Å². The minimum Gasteiger partial charge on any atom is -0.507 e. The molecule has 6 aliphatic heterocycles. The van der Waals surface area contributed by atoms with Crippen molar-refractivity contribution in [1.29, 1.82) is 0 Å². The average Bonchev–Trinajstić information content (AvgIpc) is 1.58. The molecule has 0 radical (unpaired) electrons. The molecule has 104 heavy (non-hydrogen) atoms. The Kier molecular flexibility index (Phi) is 21.7. The highest BCUT2D eigenvalue weighted by atomic mass is 79.9. The first-order valence-electron chi connectivity index (χ1n) is 33.9. The maximum absolute atomic E-state index is 14.3. The zero-order chi connectivity index (χ0) is 73.4. The molecule has 0 saturated carbocycles. The summed E-state index contributed by atoms with van der Waals surface area (Å²) >= 11 is 13.8. The second kappa shape index (κ2) is 31.0. The quantitative estimate of drug-likeness (QED) is 0.0723. The van der Waals surface area contributed by atoms with Crippen molar-refractivity contribution in [3.05, 3.63) is 213 Å². The van der Waals surface area contributed by atoms with Crippen molar-refractivity contribution < 1.29 is 52.0 Å². The fourth-order valence-corrected chi connectivity index (χ4v) is 15.5. The van der Waals surface area contributed by atoms with Crippen molar-refractivity contribution in [3.8, 4) is 29.3 Å². The molecule has 540 valence electrons. The fraction of sp³-hybridized carbons (Fsp3) is 0.311. The van der Waals surface area contributed by atoms with Gasteiger partial charge in [0.2, 0.25) is 17.9 Å². The van der Waals surface area contributed by atoms with Gasteiger partial charge in [-0.25, -0.2) is 33.1 Å². The highest BCUT2D eigenvalue weighted by molar-refractivity contribution is 9.11. The smallest absolute Gasteiger partial charge is 0.299 e. The molecular formula is C74H72Br4F3N15O8. The Morgan fingerprint density at radius 3 is 1.27 bits per heavy atom. The lowest BCUT2D eigenvalue weighted by Gasteiger charge is -2.33. The van der Waals surface area contributed by atoms with Crippen LogP contribution >= 0.6 is 63.7 Å². The number of guanidine groups is 3. The van der Waals surface area contributed by atoms with Crippen LogP contribution in [0.5, 0.6) is 29.3 Å². The van der Waals surface area contributed by atoms with Crippen LogP contribution in [0.3, 0.4) is 0 Å². The molecule has 2 N–H and O–H groups in total. The third-order valence-corrected chi connectivity index (χ3v) is 20.8. The van der Waals surface area contributed by atoms with Crippen LogP contribution in [-0.4, -0.2) is 167 Å². The molecule has 9 heterocycles. The minimum absolute atomic E-state index is 0.119. The number of aromatic nitrogens is 6. The molecule has 3 aromatic heterocycles. The Morgan fingerprint density at radius 2 is 0.865 bits per heavy atom. The van der Waals surface area contributed by atoms with Gasteiger partial charge < -0.3 is 29.0 Å². The summed E-state index contributed by atoms with van der Waals surface area (Å²) in [6, 6.07) is 36.2. The molecule has 0 spiro atoms. The van der Waals surface area contributed by atoms with Gasteiger partial charge in [0.15, 0.2) is 39.3 Å². The predicted octanol–water partition coefficient (Wildman–Crippen LogP) is 13.3. The number of phenols is 2. The molecule has 3 atom stereocenters. The predicted molar refractivity (Wildman–Crippen MR) is 402 cm³/mol. The Bertz CT molecular complexity index is 4910. The normalized spacial score (nSPS) is 16.9. The maximum atomic E-state index is 14.3. The number of benzene rings is 6. The molecule has 3 amide bonds. The van der Waals surface area contributed by atoms with Gasteiger partial charge >= 0.3 is 0 Å². The number of amides is 3. The highest BCUT2D eigenvalue weighted by Gasteiger charge is 2.47. The number of carbonyl (C=O) groups is 3. The van der Waals surface area contributed by atoms with Crippen LogP contribution in [-0.2, 0) is 38.9 Å². The Morgan fingerprint density at radius 1 is 0.462 bits per heavy atom. The van der Waals surface area contributed by atoms with E-state index in [1.807, 2.05) is 107 Å². The van der Waals surface area contributed by atoms with E-state index in [0.717, 1.165) is 38.0 Å². The number of hydrogen-bond acceptors (Lipinski definition) is 17. The summed E-state index contributed by atoms with van der Waals surface area (Å²) in [7, 11) is 1.62. The molecule has 0 bridgehead atoms. The number of anilines is 3. The zero-order valence-electron chi connectivity index (χ0n) is 57.5. The Hall–Kier alpha value is -9.52. The van der Waals surface area contributed by atoms with E-state index in [0.29, 0.717) is 175 Å². The number of halogens is 7. The molecular weight excluding hydrogens is 1600 g/mol. The number of fused-ring (bicyclic) bond motifs is 9. The van der Waals surface area contributed by atoms with Gasteiger partial charge in [-0.15, -0.1) is 0 Å². The van der Waals surface area contributed by atoms with E-state index < -0.39 is 0 Å². The van der Waals surface area contributed by atoms with Gasteiger partial charge in [-0.2, -0.15) is 9.97 Å². The Labute approximate surface area is 631 Å². The minimum atomic E-state index is -0.271. The van der Waals surface area contributed by atoms with Crippen molar-refractivity contribution in [2.75, 3.05) is 74.3 Å². The number of ether oxygens (including phenoxy) is 3. The van der Waals surface area contributed by atoms with Crippen LogP contribution in [0.15, 0.2) is 161 Å². The van der Waals surface area contributed by atoms with Crippen molar-refractivity contribution >= 4 is 117 Å². The van der Waals surface area contributed by atoms with Crippen molar-refractivity contribution in [2.24, 2.45) is 15.0 Å². The molecule has 6 aromatic carbocycles. The van der Waals surface area contributed by atoms with E-state index in [1.165, 1.54) is 30.3 Å². The zero-order valence-corrected chi connectivity index (χ0v) is 63.8. The molecule has 30 heteroatoms. The van der Waals surface area contributed by atoms with Crippen LogP contribution in [0, 0.1) is 17.5 Å². The van der Waals surface area contributed by atoms with E-state index in [-0.39, 0.29) is 64.8 Å². The lowest BCUT2D eigenvalue weighted by molar-refractivity contribution is 0.0826. The van der Waals surface area contributed by atoms with Crippen LogP contribution in [0.4, 0.5) is 30.6 Å². The standard InChI is InChI=1S/C26H27BrFN5O3.C25H25BrFN5O3.C23H20Br2FN5O2/c1-4-31-24(34)22-23(33-15-19(29-25(31)33)12-16-7-6-8-18(28)11-16)30-26(36-5-2)32(22)14-17-9-10-21(35-3)20(27)13-17;1-3-30-23(34)21-22(32-14-17(28-24(30)32)12-16-7-5-6-8-19(16)27)29-25(35-4-2)31(21)13-15-9-10-20(33)18(26)11-15;1-2-29-21(33)19-20(28-22(25)30(19)11-14-6-7-18(32)17(24)10-14)31-12-16(27-23(29)31)9-13-4-3-5-15(26)8-13/h6-11,13,19H,4-5,12,14-15H2,1-3H3;5-11,17,33H,3-4,12-14H2,1-2H3;3-8,10,16,32H,2,9,11-12H2,1H3/t19-;17-;16-/m111/s1. The first-order chi connectivity index (χ1) is 50.2. The molecule has 6 aliphatic rings. The molecule has 0 saturated heterocycles. The second-order valence-corrected chi connectivity index (χ2v) is 28.3. The molecule has 0 unspecified atom stereocenters. The lowest BCUT2D eigenvalue weighted by Crippen LogP contribution is -2.50. The van der Waals surface area contributed by atoms with Crippen LogP contribution in [0.25, 0.3) is 0 Å². The number of nitrogens with zero attached hydrogens (tertiary/aromatic N) is 15. The molecule has 0 aliphatic carbocycles. The van der Waals surface area contributed by atoms with Crippen LogP contribution < -0.4 is 28.9 Å². The number of hydrogen-bond donors (Lipinski definition) is 2. The van der Waals surface area contributed by atoms with Gasteiger partial charge in [-0.1, -0.05) is 60.7 Å². The highest BCUT2D eigenvalue weighted by Crippen LogP contribution is 2.41. The van der Waals surface area contributed by atoms with Gasteiger partial charge in [-0.05, 0) is 218 Å². The average molecular weight is 1680 g/mol. The summed E-state index contributed by atoms with van der Waals surface area (Å²) in [5.41, 5.74) is 6.43. The SMILES string of the molecule is CCN1C(=O)c2c(nc(Br)n2Cc2ccc(O)c(Br)c2)N2C[C@@H](Cc3cccc(F)c3)N=C12.CCOc1nc2c(n1Cc1ccc(O)c(Br)c1)C(=O)N(CC)C1=N[C@H](Cc3ccccc3F)CN12.CCOc1nc2c(n1Cc1ccc(OC)c(Br)c1)C(=O)N(CC)C1=N[C@H](Cc3cccc(F)c3)CN12. The van der Waals surface area contributed by atoms with E-state index >= 15 is 0 Å². The summed E-state index contributed by atoms with van der Waals surface area (Å²) in [6.45, 7) is 14.4. The molecule has 9 aromatic rings. The number of rotatable bonds is 20. The number of carbonyl (C=O) groups excluding carboxylic acids is 3. The van der Waals surface area contributed by atoms with Crippen molar-refractivity contribution in [2.45, 2.75) is 91.6 Å². The van der Waals surface area contributed by atoms with E-state index in [1.54, 1.807) is 74.9 Å². The molecule has 0 fully saturated rings. The van der Waals surface area contributed by atoms with Crippen molar-refractivity contribution in [3.63, 3.8) is 0 Å². The molecule has 15 rings (SSSR count). The number of aromatic hydroxyl groups is 2. The van der Waals surface area contributed by atoms with E-state index in [2.05, 4.69) is 68.7 Å². The molecule has 23 nitrogen and oxygen atoms in total. The largest absolute Gasteiger partial charge is 0.507 e. The summed E-state index contributed by atoms with van der Waals surface area (Å²) in [4.78, 5) is 80.3. The van der Waals surface area contributed by atoms with E-state index in [9.17, 15) is 37.8 Å². The maximum Gasteiger partial charge on any atom is 0.299 e. The third kappa shape index (κ3) is 14.6. The van der Waals surface area contributed by atoms with Crippen LogP contribution in [0.2, 0.25) is 0 Å². The second-order valence-electron chi connectivity index (χ2n) is 25.0. The first-order valence-corrected chi connectivity index (χ1v) is 37.1.